The number of nitrogen functional groups attached to an aromatic ring is 1. The number of anilines is 1. The van der Waals surface area contributed by atoms with Crippen molar-refractivity contribution in [2.45, 2.75) is 25.8 Å². The van der Waals surface area contributed by atoms with Crippen molar-refractivity contribution in [2.24, 2.45) is 13.0 Å². The fraction of sp³-hybridized carbons (Fsp3) is 0.600. The average Bonchev–Trinajstić information content (AvgIpc) is 2.42. The average molecular weight is 208 g/mol. The van der Waals surface area contributed by atoms with Gasteiger partial charge in [-0.15, -0.1) is 0 Å². The van der Waals surface area contributed by atoms with Gasteiger partial charge in [-0.25, -0.2) is 0 Å². The molecule has 1 aromatic heterocycles. The molecular weight excluding hydrogens is 192 g/mol. The minimum Gasteiger partial charge on any atom is -0.396 e. The number of carbonyl (C=O) groups excluding carboxylic acids is 1. The van der Waals surface area contributed by atoms with E-state index in [-0.39, 0.29) is 5.91 Å². The van der Waals surface area contributed by atoms with Gasteiger partial charge in [0, 0.05) is 19.3 Å². The monoisotopic (exact) mass is 208 g/mol. The fourth-order valence-electron chi connectivity index (χ4n) is 1.96. The van der Waals surface area contributed by atoms with E-state index >= 15 is 0 Å². The maximum atomic E-state index is 11.7. The normalized spacial score (nSPS) is 24.7. The van der Waals surface area contributed by atoms with Gasteiger partial charge in [0.15, 0.2) is 5.69 Å². The van der Waals surface area contributed by atoms with E-state index in [4.69, 9.17) is 5.73 Å². The summed E-state index contributed by atoms with van der Waals surface area (Å²) in [4.78, 5) is 11.7. The third-order valence-corrected chi connectivity index (χ3v) is 2.78. The van der Waals surface area contributed by atoms with Crippen LogP contribution in [0.15, 0.2) is 6.20 Å². The molecule has 0 spiro atoms. The van der Waals surface area contributed by atoms with Gasteiger partial charge in [-0.05, 0) is 18.8 Å². The van der Waals surface area contributed by atoms with Crippen molar-refractivity contribution in [2.75, 3.05) is 5.73 Å². The lowest BCUT2D eigenvalue weighted by molar-refractivity contribution is 0.0891. The number of hydrogen-bond acceptors (Lipinski definition) is 3. The summed E-state index contributed by atoms with van der Waals surface area (Å²) in [5.41, 5.74) is 6.42. The van der Waals surface area contributed by atoms with Crippen LogP contribution >= 0.6 is 0 Å². The molecule has 3 N–H and O–H groups in total. The molecule has 5 nitrogen and oxygen atoms in total. The minimum atomic E-state index is -0.162. The first-order valence-electron chi connectivity index (χ1n) is 5.16. The molecule has 0 saturated heterocycles. The number of aromatic nitrogens is 2. The van der Waals surface area contributed by atoms with Crippen LogP contribution in [0.25, 0.3) is 0 Å². The number of nitrogens with one attached hydrogen (secondary N) is 1. The highest BCUT2D eigenvalue weighted by Gasteiger charge is 2.28. The molecule has 0 bridgehead atoms. The number of aryl methyl sites for hydroxylation is 1. The van der Waals surface area contributed by atoms with Crippen molar-refractivity contribution in [1.29, 1.82) is 0 Å². The van der Waals surface area contributed by atoms with Gasteiger partial charge in [0.1, 0.15) is 0 Å². The minimum absolute atomic E-state index is 0.162. The Labute approximate surface area is 88.6 Å². The molecule has 2 rings (SSSR count). The van der Waals surface area contributed by atoms with E-state index in [0.717, 1.165) is 18.8 Å². The smallest absolute Gasteiger partial charge is 0.274 e. The quantitative estimate of drug-likeness (QED) is 0.744. The number of rotatable bonds is 2. The molecule has 1 aliphatic rings. The van der Waals surface area contributed by atoms with Crippen molar-refractivity contribution >= 4 is 11.6 Å². The Balaban J connectivity index is 1.99. The molecule has 1 amide bonds. The zero-order valence-electron chi connectivity index (χ0n) is 9.03. The topological polar surface area (TPSA) is 72.9 Å². The van der Waals surface area contributed by atoms with Crippen molar-refractivity contribution in [1.82, 2.24) is 15.1 Å². The molecule has 1 fully saturated rings. The summed E-state index contributed by atoms with van der Waals surface area (Å²) in [6, 6.07) is 0.300. The Bertz CT molecular complexity index is 379. The second kappa shape index (κ2) is 3.56. The van der Waals surface area contributed by atoms with E-state index in [1.807, 2.05) is 0 Å². The largest absolute Gasteiger partial charge is 0.396 e. The van der Waals surface area contributed by atoms with Crippen LogP contribution in [0, 0.1) is 5.92 Å². The second-order valence-corrected chi connectivity index (χ2v) is 4.35. The molecule has 0 unspecified atom stereocenters. The molecular formula is C10H16N4O. The number of carbonyl (C=O) groups is 1. The maximum absolute atomic E-state index is 11.7. The highest BCUT2D eigenvalue weighted by Crippen LogP contribution is 2.26. The van der Waals surface area contributed by atoms with Gasteiger partial charge >= 0.3 is 0 Å². The SMILES string of the molecule is CC1CC(NC(=O)c2nn(C)cc2N)C1. The first-order chi connectivity index (χ1) is 7.06. The third kappa shape index (κ3) is 1.95. The van der Waals surface area contributed by atoms with Crippen LogP contribution in [0.4, 0.5) is 5.69 Å². The lowest BCUT2D eigenvalue weighted by Crippen LogP contribution is -2.43. The Morgan fingerprint density at radius 2 is 2.33 bits per heavy atom. The Kier molecular flexibility index (Phi) is 2.38. The van der Waals surface area contributed by atoms with Crippen LogP contribution in [-0.2, 0) is 7.05 Å². The van der Waals surface area contributed by atoms with Crippen molar-refractivity contribution in [3.8, 4) is 0 Å². The van der Waals surface area contributed by atoms with Gasteiger partial charge in [0.05, 0.1) is 5.69 Å². The lowest BCUT2D eigenvalue weighted by atomic mass is 9.82. The van der Waals surface area contributed by atoms with E-state index in [2.05, 4.69) is 17.3 Å². The van der Waals surface area contributed by atoms with Gasteiger partial charge in [0.25, 0.3) is 5.91 Å². The van der Waals surface area contributed by atoms with Crippen LogP contribution in [0.3, 0.4) is 0 Å². The van der Waals surface area contributed by atoms with Crippen LogP contribution in [-0.4, -0.2) is 21.7 Å². The van der Waals surface area contributed by atoms with Crippen LogP contribution < -0.4 is 11.1 Å². The van der Waals surface area contributed by atoms with Crippen LogP contribution in [0.2, 0.25) is 0 Å². The maximum Gasteiger partial charge on any atom is 0.274 e. The predicted molar refractivity (Wildman–Crippen MR) is 57.3 cm³/mol. The predicted octanol–water partition coefficient (Wildman–Crippen LogP) is 0.531. The fourth-order valence-corrected chi connectivity index (χ4v) is 1.96. The summed E-state index contributed by atoms with van der Waals surface area (Å²) < 4.78 is 1.55. The highest BCUT2D eigenvalue weighted by molar-refractivity contribution is 5.97. The molecule has 0 atom stereocenters. The summed E-state index contributed by atoms with van der Waals surface area (Å²) in [5.74, 6) is 0.557. The van der Waals surface area contributed by atoms with Gasteiger partial charge < -0.3 is 11.1 Å². The number of nitrogens with zero attached hydrogens (tertiary/aromatic N) is 2. The standard InChI is InChI=1S/C10H16N4O/c1-6-3-7(4-6)12-10(15)9-8(11)5-14(2)13-9/h5-7H,3-4,11H2,1-2H3,(H,12,15). The van der Waals surface area contributed by atoms with Gasteiger partial charge in [-0.1, -0.05) is 6.92 Å². The van der Waals surface area contributed by atoms with E-state index in [9.17, 15) is 4.79 Å². The van der Waals surface area contributed by atoms with Crippen LogP contribution in [0.1, 0.15) is 30.3 Å². The molecule has 82 valence electrons. The number of nitrogens with two attached hydrogens (primary N) is 1. The molecule has 0 radical (unpaired) electrons. The zero-order chi connectivity index (χ0) is 11.0. The van der Waals surface area contributed by atoms with Gasteiger partial charge in [-0.2, -0.15) is 5.10 Å². The first-order valence-corrected chi connectivity index (χ1v) is 5.16. The number of hydrogen-bond donors (Lipinski definition) is 2. The molecule has 0 aliphatic heterocycles. The van der Waals surface area contributed by atoms with E-state index in [1.54, 1.807) is 17.9 Å². The molecule has 1 aliphatic carbocycles. The Morgan fingerprint density at radius 1 is 1.67 bits per heavy atom. The first kappa shape index (κ1) is 10.0. The van der Waals surface area contributed by atoms with Crippen molar-refractivity contribution in [3.05, 3.63) is 11.9 Å². The summed E-state index contributed by atoms with van der Waals surface area (Å²) in [6.07, 6.45) is 3.75. The lowest BCUT2D eigenvalue weighted by Gasteiger charge is -2.32. The van der Waals surface area contributed by atoms with Gasteiger partial charge in [-0.3, -0.25) is 9.48 Å². The molecule has 1 saturated carbocycles. The van der Waals surface area contributed by atoms with E-state index < -0.39 is 0 Å². The molecule has 15 heavy (non-hydrogen) atoms. The summed E-state index contributed by atoms with van der Waals surface area (Å²) >= 11 is 0. The molecule has 0 aromatic carbocycles. The second-order valence-electron chi connectivity index (χ2n) is 4.35. The summed E-state index contributed by atoms with van der Waals surface area (Å²) in [6.45, 7) is 2.18. The third-order valence-electron chi connectivity index (χ3n) is 2.78. The summed E-state index contributed by atoms with van der Waals surface area (Å²) in [7, 11) is 1.75. The Morgan fingerprint density at radius 3 is 2.80 bits per heavy atom. The molecule has 5 heteroatoms. The zero-order valence-corrected chi connectivity index (χ0v) is 9.03. The highest BCUT2D eigenvalue weighted by atomic mass is 16.2. The molecule has 1 heterocycles. The Hall–Kier alpha value is -1.52. The number of amides is 1. The van der Waals surface area contributed by atoms with E-state index in [1.165, 1.54) is 0 Å². The molecule has 1 aromatic rings. The van der Waals surface area contributed by atoms with E-state index in [0.29, 0.717) is 17.4 Å². The van der Waals surface area contributed by atoms with Crippen molar-refractivity contribution in [3.63, 3.8) is 0 Å². The summed E-state index contributed by atoms with van der Waals surface area (Å²) in [5, 5.41) is 6.94. The van der Waals surface area contributed by atoms with Gasteiger partial charge in [0.2, 0.25) is 0 Å². The van der Waals surface area contributed by atoms with Crippen LogP contribution in [0.5, 0.6) is 0 Å². The van der Waals surface area contributed by atoms with Crippen molar-refractivity contribution < 1.29 is 4.79 Å².